The van der Waals surface area contributed by atoms with Crippen LogP contribution in [0.2, 0.25) is 0 Å². The molecule has 8 nitrogen and oxygen atoms in total. The Morgan fingerprint density at radius 1 is 1.38 bits per heavy atom. The Hall–Kier alpha value is -1.35. The van der Waals surface area contributed by atoms with Gasteiger partial charge in [-0.2, -0.15) is 0 Å². The fourth-order valence-corrected chi connectivity index (χ4v) is 3.24. The van der Waals surface area contributed by atoms with Gasteiger partial charge in [0.15, 0.2) is 0 Å². The molecule has 1 unspecified atom stereocenters. The van der Waals surface area contributed by atoms with Gasteiger partial charge in [-0.15, -0.1) is 0 Å². The number of sulfonamides is 1. The molecule has 0 radical (unpaired) electrons. The molecule has 0 aromatic carbocycles. The fraction of sp³-hybridized carbons (Fsp3) is 0.833. The minimum atomic E-state index is -3.39. The Labute approximate surface area is 124 Å². The third-order valence-corrected chi connectivity index (χ3v) is 5.12. The second-order valence-electron chi connectivity index (χ2n) is 5.10. The maximum absolute atomic E-state index is 12.2. The maximum Gasteiger partial charge on any atom is 0.329 e. The lowest BCUT2D eigenvalue weighted by molar-refractivity contribution is -0.148. The van der Waals surface area contributed by atoms with Crippen molar-refractivity contribution >= 4 is 22.0 Å². The summed E-state index contributed by atoms with van der Waals surface area (Å²) >= 11 is 0. The van der Waals surface area contributed by atoms with Gasteiger partial charge in [-0.25, -0.2) is 22.7 Å². The summed E-state index contributed by atoms with van der Waals surface area (Å²) in [4.78, 5) is 25.1. The fourth-order valence-electron chi connectivity index (χ4n) is 2.67. The van der Waals surface area contributed by atoms with Crippen LogP contribution in [0.5, 0.6) is 0 Å². The molecule has 122 valence electrons. The lowest BCUT2D eigenvalue weighted by atomic mass is 9.91. The number of aliphatic carboxylic acids is 1. The van der Waals surface area contributed by atoms with E-state index in [1.165, 1.54) is 11.9 Å². The van der Waals surface area contributed by atoms with Gasteiger partial charge in [0.05, 0.1) is 5.75 Å². The first-order valence-electron chi connectivity index (χ1n) is 6.99. The number of likely N-dealkylation sites (tertiary alicyclic amines) is 1. The number of amides is 2. The second-order valence-corrected chi connectivity index (χ2v) is 7.14. The van der Waals surface area contributed by atoms with E-state index in [9.17, 15) is 23.1 Å². The predicted octanol–water partition coefficient (Wildman–Crippen LogP) is -0.0355. The molecule has 1 rings (SSSR count). The predicted molar refractivity (Wildman–Crippen MR) is 77.5 cm³/mol. The van der Waals surface area contributed by atoms with Crippen molar-refractivity contribution in [2.75, 3.05) is 25.9 Å². The Morgan fingerprint density at radius 2 is 2.05 bits per heavy atom. The van der Waals surface area contributed by atoms with Crippen LogP contribution in [0.4, 0.5) is 4.79 Å². The Balaban J connectivity index is 2.70. The van der Waals surface area contributed by atoms with Gasteiger partial charge in [-0.1, -0.05) is 13.3 Å². The van der Waals surface area contributed by atoms with Crippen LogP contribution < -0.4 is 10.0 Å². The zero-order chi connectivity index (χ0) is 16.1. The van der Waals surface area contributed by atoms with Gasteiger partial charge in [0.1, 0.15) is 5.54 Å². The van der Waals surface area contributed by atoms with E-state index in [1.54, 1.807) is 0 Å². The standard InChI is InChI=1S/C12H23N3O5S/c1-3-5-12(10(16)17)6-4-8-15(12)11(18)14-7-9-21(19,20)13-2/h13H,3-9H2,1-2H3,(H,14,18)(H,16,17). The van der Waals surface area contributed by atoms with Crippen LogP contribution >= 0.6 is 0 Å². The summed E-state index contributed by atoms with van der Waals surface area (Å²) in [5, 5.41) is 12.0. The highest BCUT2D eigenvalue weighted by Crippen LogP contribution is 2.33. The third-order valence-electron chi connectivity index (χ3n) is 3.75. The van der Waals surface area contributed by atoms with E-state index in [4.69, 9.17) is 0 Å². The Morgan fingerprint density at radius 3 is 2.57 bits per heavy atom. The lowest BCUT2D eigenvalue weighted by Crippen LogP contribution is -2.56. The van der Waals surface area contributed by atoms with Crippen molar-refractivity contribution in [3.8, 4) is 0 Å². The molecule has 2 amide bonds. The van der Waals surface area contributed by atoms with Crippen LogP contribution in [0.25, 0.3) is 0 Å². The molecule has 0 aromatic heterocycles. The number of hydrogen-bond donors (Lipinski definition) is 3. The molecule has 1 aliphatic heterocycles. The topological polar surface area (TPSA) is 116 Å². The van der Waals surface area contributed by atoms with E-state index in [-0.39, 0.29) is 12.3 Å². The van der Waals surface area contributed by atoms with E-state index >= 15 is 0 Å². The Kier molecular flexibility index (Phi) is 5.97. The van der Waals surface area contributed by atoms with E-state index in [0.717, 1.165) is 0 Å². The van der Waals surface area contributed by atoms with E-state index in [2.05, 4.69) is 10.0 Å². The number of nitrogens with one attached hydrogen (secondary N) is 2. The molecule has 9 heteroatoms. The Bertz CT molecular complexity index is 493. The molecule has 0 aromatic rings. The van der Waals surface area contributed by atoms with Crippen LogP contribution in [-0.4, -0.2) is 61.9 Å². The van der Waals surface area contributed by atoms with Crippen molar-refractivity contribution in [2.24, 2.45) is 0 Å². The molecule has 0 saturated carbocycles. The van der Waals surface area contributed by atoms with E-state index in [0.29, 0.717) is 32.2 Å². The van der Waals surface area contributed by atoms with Gasteiger partial charge in [0.25, 0.3) is 0 Å². The number of carboxylic acid groups (broad SMARTS) is 1. The van der Waals surface area contributed by atoms with E-state index in [1.807, 2.05) is 6.92 Å². The van der Waals surface area contributed by atoms with Crippen molar-refractivity contribution in [2.45, 2.75) is 38.1 Å². The van der Waals surface area contributed by atoms with Crippen molar-refractivity contribution in [1.29, 1.82) is 0 Å². The number of rotatable bonds is 7. The summed E-state index contributed by atoms with van der Waals surface area (Å²) in [5.41, 5.74) is -1.17. The zero-order valence-corrected chi connectivity index (χ0v) is 13.2. The van der Waals surface area contributed by atoms with Crippen molar-refractivity contribution in [3.05, 3.63) is 0 Å². The van der Waals surface area contributed by atoms with Gasteiger partial charge in [-0.3, -0.25) is 0 Å². The number of urea groups is 1. The summed E-state index contributed by atoms with van der Waals surface area (Å²) in [7, 11) is -2.09. The van der Waals surface area contributed by atoms with Crippen molar-refractivity contribution in [1.82, 2.24) is 14.9 Å². The molecule has 21 heavy (non-hydrogen) atoms. The van der Waals surface area contributed by atoms with Gasteiger partial charge in [0.2, 0.25) is 10.0 Å². The molecule has 0 bridgehead atoms. The molecule has 1 saturated heterocycles. The SMILES string of the molecule is CCCC1(C(=O)O)CCCN1C(=O)NCCS(=O)(=O)NC. The summed E-state index contributed by atoms with van der Waals surface area (Å²) in [6.45, 7) is 2.19. The van der Waals surface area contributed by atoms with Crippen LogP contribution in [0.15, 0.2) is 0 Å². The maximum atomic E-state index is 12.2. The smallest absolute Gasteiger partial charge is 0.329 e. The largest absolute Gasteiger partial charge is 0.479 e. The molecular formula is C12H23N3O5S. The normalized spacial score (nSPS) is 22.3. The number of nitrogens with zero attached hydrogens (tertiary/aromatic N) is 1. The molecule has 1 heterocycles. The highest BCUT2D eigenvalue weighted by molar-refractivity contribution is 7.89. The molecule has 0 spiro atoms. The molecular weight excluding hydrogens is 298 g/mol. The first kappa shape index (κ1) is 17.7. The van der Waals surface area contributed by atoms with Gasteiger partial charge < -0.3 is 15.3 Å². The van der Waals surface area contributed by atoms with Crippen LogP contribution in [-0.2, 0) is 14.8 Å². The number of carboxylic acids is 1. The van der Waals surface area contributed by atoms with Crippen molar-refractivity contribution < 1.29 is 23.1 Å². The van der Waals surface area contributed by atoms with Gasteiger partial charge in [0, 0.05) is 13.1 Å². The monoisotopic (exact) mass is 321 g/mol. The highest BCUT2D eigenvalue weighted by atomic mass is 32.2. The van der Waals surface area contributed by atoms with Gasteiger partial charge >= 0.3 is 12.0 Å². The quantitative estimate of drug-likeness (QED) is 0.609. The first-order valence-corrected chi connectivity index (χ1v) is 8.64. The molecule has 1 atom stereocenters. The second kappa shape index (κ2) is 7.08. The van der Waals surface area contributed by atoms with Crippen molar-refractivity contribution in [3.63, 3.8) is 0 Å². The van der Waals surface area contributed by atoms with E-state index < -0.39 is 27.6 Å². The summed E-state index contributed by atoms with van der Waals surface area (Å²) < 4.78 is 24.7. The molecule has 1 fully saturated rings. The molecule has 0 aliphatic carbocycles. The van der Waals surface area contributed by atoms with Crippen LogP contribution in [0.1, 0.15) is 32.6 Å². The molecule has 3 N–H and O–H groups in total. The first-order chi connectivity index (χ1) is 9.79. The minimum Gasteiger partial charge on any atom is -0.479 e. The van der Waals surface area contributed by atoms with Gasteiger partial charge in [-0.05, 0) is 26.3 Å². The number of carbonyl (C=O) groups is 2. The lowest BCUT2D eigenvalue weighted by Gasteiger charge is -2.34. The average Bonchev–Trinajstić information content (AvgIpc) is 2.84. The zero-order valence-electron chi connectivity index (χ0n) is 12.4. The number of carbonyl (C=O) groups excluding carboxylic acids is 1. The minimum absolute atomic E-state index is 0.0552. The van der Waals surface area contributed by atoms with Crippen LogP contribution in [0, 0.1) is 0 Å². The third kappa shape index (κ3) is 4.07. The summed E-state index contributed by atoms with van der Waals surface area (Å²) in [6, 6.07) is -0.519. The summed E-state index contributed by atoms with van der Waals surface area (Å²) in [6.07, 6.45) is 2.11. The van der Waals surface area contributed by atoms with Crippen LogP contribution in [0.3, 0.4) is 0 Å². The number of hydrogen-bond acceptors (Lipinski definition) is 4. The highest BCUT2D eigenvalue weighted by Gasteiger charge is 2.49. The molecule has 1 aliphatic rings. The summed E-state index contributed by atoms with van der Waals surface area (Å²) in [5.74, 6) is -1.24. The average molecular weight is 321 g/mol.